The molecule has 3 nitrogen and oxygen atoms in total. The van der Waals surface area contributed by atoms with Crippen LogP contribution in [0.3, 0.4) is 0 Å². The van der Waals surface area contributed by atoms with Gasteiger partial charge in [0.05, 0.1) is 0 Å². The number of carbonyl (C=O) groups is 1. The van der Waals surface area contributed by atoms with Crippen molar-refractivity contribution in [3.8, 4) is 0 Å². The third kappa shape index (κ3) is 1.67. The van der Waals surface area contributed by atoms with Gasteiger partial charge in [0.1, 0.15) is 0 Å². The molecule has 0 spiro atoms. The Morgan fingerprint density at radius 2 is 2.07 bits per heavy atom. The van der Waals surface area contributed by atoms with E-state index in [-0.39, 0.29) is 0 Å². The summed E-state index contributed by atoms with van der Waals surface area (Å²) < 4.78 is 0. The van der Waals surface area contributed by atoms with Crippen LogP contribution >= 0.6 is 0 Å². The minimum absolute atomic E-state index is 0.314. The zero-order valence-electron chi connectivity index (χ0n) is 9.11. The smallest absolute Gasteiger partial charge is 0.223 e. The van der Waals surface area contributed by atoms with Crippen molar-refractivity contribution >= 4 is 5.91 Å². The van der Waals surface area contributed by atoms with Crippen molar-refractivity contribution in [1.29, 1.82) is 0 Å². The van der Waals surface area contributed by atoms with E-state index >= 15 is 0 Å². The van der Waals surface area contributed by atoms with Gasteiger partial charge in [0.15, 0.2) is 0 Å². The Labute approximate surface area is 90.8 Å². The molecule has 3 aliphatic carbocycles. The van der Waals surface area contributed by atoms with Crippen molar-refractivity contribution < 1.29 is 4.79 Å². The molecule has 3 N–H and O–H groups in total. The van der Waals surface area contributed by atoms with Crippen molar-refractivity contribution in [3.05, 3.63) is 0 Å². The Bertz CT molecular complexity index is 275. The fraction of sp³-hybridized carbons (Fsp3) is 0.917. The molecular formula is C12H20N2O. The van der Waals surface area contributed by atoms with Gasteiger partial charge in [-0.3, -0.25) is 4.79 Å². The molecule has 0 heterocycles. The standard InChI is InChI=1S/C12H20N2O/c13-6-7-3-9-5-11(10(9)4-7)14-12(15)8-1-2-8/h7-11H,1-6,13H2,(H,14,15). The lowest BCUT2D eigenvalue weighted by Gasteiger charge is -2.41. The molecule has 4 unspecified atom stereocenters. The fourth-order valence-corrected chi connectivity index (χ4v) is 3.35. The Hall–Kier alpha value is -0.570. The lowest BCUT2D eigenvalue weighted by Crippen LogP contribution is -2.50. The predicted molar refractivity (Wildman–Crippen MR) is 58.0 cm³/mol. The maximum Gasteiger partial charge on any atom is 0.223 e. The van der Waals surface area contributed by atoms with E-state index in [0.717, 1.165) is 37.1 Å². The summed E-state index contributed by atoms with van der Waals surface area (Å²) >= 11 is 0. The normalized spacial score (nSPS) is 43.3. The lowest BCUT2D eigenvalue weighted by atomic mass is 9.71. The molecule has 0 saturated heterocycles. The van der Waals surface area contributed by atoms with E-state index in [4.69, 9.17) is 5.73 Å². The molecule has 0 aromatic carbocycles. The fourth-order valence-electron chi connectivity index (χ4n) is 3.35. The number of hydrogen-bond donors (Lipinski definition) is 2. The Kier molecular flexibility index (Phi) is 2.23. The summed E-state index contributed by atoms with van der Waals surface area (Å²) in [6, 6.07) is 0.486. The molecule has 3 saturated carbocycles. The monoisotopic (exact) mass is 208 g/mol. The molecule has 0 aromatic rings. The Morgan fingerprint density at radius 3 is 2.73 bits per heavy atom. The van der Waals surface area contributed by atoms with Crippen LogP contribution < -0.4 is 11.1 Å². The molecule has 3 rings (SSSR count). The number of hydrogen-bond acceptors (Lipinski definition) is 2. The number of nitrogens with one attached hydrogen (secondary N) is 1. The van der Waals surface area contributed by atoms with Crippen molar-refractivity contribution in [1.82, 2.24) is 5.32 Å². The van der Waals surface area contributed by atoms with E-state index in [1.807, 2.05) is 0 Å². The number of rotatable bonds is 3. The van der Waals surface area contributed by atoms with Crippen LogP contribution in [0.4, 0.5) is 0 Å². The summed E-state index contributed by atoms with van der Waals surface area (Å²) in [6.07, 6.45) is 5.98. The van der Waals surface area contributed by atoms with E-state index in [2.05, 4.69) is 5.32 Å². The van der Waals surface area contributed by atoms with Gasteiger partial charge < -0.3 is 11.1 Å². The van der Waals surface area contributed by atoms with E-state index in [1.54, 1.807) is 0 Å². The largest absolute Gasteiger partial charge is 0.353 e. The van der Waals surface area contributed by atoms with Gasteiger partial charge in [0.2, 0.25) is 5.91 Å². The second-order valence-electron chi connectivity index (χ2n) is 5.62. The van der Waals surface area contributed by atoms with Gasteiger partial charge in [-0.1, -0.05) is 0 Å². The van der Waals surface area contributed by atoms with E-state index in [1.165, 1.54) is 19.3 Å². The number of nitrogens with two attached hydrogens (primary N) is 1. The molecule has 15 heavy (non-hydrogen) atoms. The van der Waals surface area contributed by atoms with Gasteiger partial charge in [0, 0.05) is 12.0 Å². The van der Waals surface area contributed by atoms with E-state index < -0.39 is 0 Å². The van der Waals surface area contributed by atoms with Crippen LogP contribution in [0.5, 0.6) is 0 Å². The first-order valence-electron chi connectivity index (χ1n) is 6.28. The van der Waals surface area contributed by atoms with E-state index in [0.29, 0.717) is 17.9 Å². The number of fused-ring (bicyclic) bond motifs is 1. The van der Waals surface area contributed by atoms with Crippen molar-refractivity contribution in [3.63, 3.8) is 0 Å². The van der Waals surface area contributed by atoms with Crippen LogP contribution in [0.15, 0.2) is 0 Å². The molecule has 0 aliphatic heterocycles. The van der Waals surface area contributed by atoms with Gasteiger partial charge in [-0.25, -0.2) is 0 Å². The second-order valence-corrected chi connectivity index (χ2v) is 5.62. The lowest BCUT2D eigenvalue weighted by molar-refractivity contribution is -0.124. The molecule has 3 heteroatoms. The average molecular weight is 208 g/mol. The average Bonchev–Trinajstić information content (AvgIpc) is 3.00. The molecular weight excluding hydrogens is 188 g/mol. The summed E-state index contributed by atoms with van der Waals surface area (Å²) in [6.45, 7) is 0.830. The highest BCUT2D eigenvalue weighted by molar-refractivity contribution is 5.81. The molecule has 0 aromatic heterocycles. The predicted octanol–water partition coefficient (Wildman–Crippen LogP) is 0.886. The van der Waals surface area contributed by atoms with Crippen LogP contribution in [0.25, 0.3) is 0 Å². The number of amides is 1. The summed E-state index contributed by atoms with van der Waals surface area (Å²) in [5, 5.41) is 3.21. The van der Waals surface area contributed by atoms with Crippen molar-refractivity contribution in [2.24, 2.45) is 29.4 Å². The van der Waals surface area contributed by atoms with E-state index in [9.17, 15) is 4.79 Å². The first-order valence-corrected chi connectivity index (χ1v) is 6.28. The van der Waals surface area contributed by atoms with Crippen LogP contribution in [0, 0.1) is 23.7 Å². The van der Waals surface area contributed by atoms with Crippen LogP contribution in [-0.4, -0.2) is 18.5 Å². The molecule has 84 valence electrons. The molecule has 3 aliphatic rings. The summed E-state index contributed by atoms with van der Waals surface area (Å²) in [7, 11) is 0. The van der Waals surface area contributed by atoms with Gasteiger partial charge >= 0.3 is 0 Å². The quantitative estimate of drug-likeness (QED) is 0.723. The van der Waals surface area contributed by atoms with Crippen molar-refractivity contribution in [2.45, 2.75) is 38.1 Å². The molecule has 4 atom stereocenters. The number of carbonyl (C=O) groups excluding carboxylic acids is 1. The third-order valence-corrected chi connectivity index (χ3v) is 4.53. The minimum Gasteiger partial charge on any atom is -0.353 e. The summed E-state index contributed by atoms with van der Waals surface area (Å²) in [5.41, 5.74) is 5.70. The molecule has 1 amide bonds. The first kappa shape index (κ1) is 9.64. The first-order chi connectivity index (χ1) is 7.28. The van der Waals surface area contributed by atoms with Gasteiger partial charge in [-0.15, -0.1) is 0 Å². The highest BCUT2D eigenvalue weighted by Crippen LogP contribution is 2.49. The molecule has 0 bridgehead atoms. The topological polar surface area (TPSA) is 55.1 Å². The van der Waals surface area contributed by atoms with Gasteiger partial charge in [-0.05, 0) is 56.4 Å². The maximum atomic E-state index is 11.6. The zero-order valence-corrected chi connectivity index (χ0v) is 9.11. The Morgan fingerprint density at radius 1 is 1.27 bits per heavy atom. The van der Waals surface area contributed by atoms with Crippen LogP contribution in [-0.2, 0) is 4.79 Å². The van der Waals surface area contributed by atoms with Gasteiger partial charge in [-0.2, -0.15) is 0 Å². The second kappa shape index (κ2) is 3.48. The minimum atomic E-state index is 0.314. The summed E-state index contributed by atoms with van der Waals surface area (Å²) in [4.78, 5) is 11.6. The highest BCUT2D eigenvalue weighted by Gasteiger charge is 2.48. The summed E-state index contributed by atoms with van der Waals surface area (Å²) in [5.74, 6) is 3.01. The maximum absolute atomic E-state index is 11.6. The van der Waals surface area contributed by atoms with Gasteiger partial charge in [0.25, 0.3) is 0 Å². The third-order valence-electron chi connectivity index (χ3n) is 4.53. The van der Waals surface area contributed by atoms with Crippen molar-refractivity contribution in [2.75, 3.05) is 6.54 Å². The Balaban J connectivity index is 1.51. The van der Waals surface area contributed by atoms with Crippen LogP contribution in [0.2, 0.25) is 0 Å². The highest BCUT2D eigenvalue weighted by atomic mass is 16.2. The SMILES string of the molecule is NCC1CC2CC(NC(=O)C3CC3)C2C1. The molecule has 3 fully saturated rings. The van der Waals surface area contributed by atoms with Crippen LogP contribution in [0.1, 0.15) is 32.1 Å². The zero-order chi connectivity index (χ0) is 10.4. The molecule has 0 radical (unpaired) electrons.